The first-order valence-electron chi connectivity index (χ1n) is 10.3. The lowest BCUT2D eigenvalue weighted by molar-refractivity contribution is -0.142. The Bertz CT molecular complexity index is 869. The monoisotopic (exact) mass is 414 g/mol. The Balaban J connectivity index is 2.15. The number of rotatable bonds is 10. The van der Waals surface area contributed by atoms with Gasteiger partial charge in [-0.25, -0.2) is 4.39 Å². The topological polar surface area (TPSA) is 58.6 Å². The van der Waals surface area contributed by atoms with E-state index < -0.39 is 11.9 Å². The molecule has 5 nitrogen and oxygen atoms in total. The van der Waals surface area contributed by atoms with Crippen molar-refractivity contribution in [2.45, 2.75) is 53.1 Å². The number of hydrogen-bond donors (Lipinski definition) is 1. The van der Waals surface area contributed by atoms with E-state index in [2.05, 4.69) is 5.32 Å². The van der Waals surface area contributed by atoms with Gasteiger partial charge < -0.3 is 15.0 Å². The highest BCUT2D eigenvalue weighted by Gasteiger charge is 2.27. The quantitative estimate of drug-likeness (QED) is 0.594. The Morgan fingerprint density at radius 3 is 2.57 bits per heavy atom. The highest BCUT2D eigenvalue weighted by molar-refractivity contribution is 5.88. The lowest BCUT2D eigenvalue weighted by atomic mass is 10.1. The van der Waals surface area contributed by atoms with Crippen molar-refractivity contribution < 1.29 is 18.7 Å². The smallest absolute Gasteiger partial charge is 0.261 e. The number of carbonyl (C=O) groups excluding carboxylic acids is 2. The Labute approximate surface area is 178 Å². The summed E-state index contributed by atoms with van der Waals surface area (Å²) in [5, 5.41) is 2.84. The van der Waals surface area contributed by atoms with Crippen molar-refractivity contribution in [3.05, 3.63) is 65.0 Å². The molecular weight excluding hydrogens is 383 g/mol. The molecule has 0 spiro atoms. The van der Waals surface area contributed by atoms with Crippen molar-refractivity contribution >= 4 is 11.8 Å². The van der Waals surface area contributed by atoms with Crippen molar-refractivity contribution in [2.24, 2.45) is 0 Å². The minimum absolute atomic E-state index is 0.00981. The number of hydrogen-bond acceptors (Lipinski definition) is 3. The summed E-state index contributed by atoms with van der Waals surface area (Å²) in [6.07, 6.45) is 1.81. The van der Waals surface area contributed by atoms with Gasteiger partial charge in [0.2, 0.25) is 5.91 Å². The molecule has 30 heavy (non-hydrogen) atoms. The summed E-state index contributed by atoms with van der Waals surface area (Å²) in [7, 11) is 0. The molecule has 2 aromatic rings. The molecule has 0 aliphatic heterocycles. The first-order valence-corrected chi connectivity index (χ1v) is 10.3. The van der Waals surface area contributed by atoms with E-state index in [1.807, 2.05) is 39.0 Å². The van der Waals surface area contributed by atoms with Crippen LogP contribution >= 0.6 is 0 Å². The third-order valence-electron chi connectivity index (χ3n) is 4.98. The minimum Gasteiger partial charge on any atom is -0.483 e. The van der Waals surface area contributed by atoms with E-state index in [0.29, 0.717) is 17.9 Å². The lowest BCUT2D eigenvalue weighted by Crippen LogP contribution is -2.49. The van der Waals surface area contributed by atoms with Gasteiger partial charge in [0.1, 0.15) is 17.6 Å². The van der Waals surface area contributed by atoms with Gasteiger partial charge in [0.15, 0.2) is 6.61 Å². The van der Waals surface area contributed by atoms with Gasteiger partial charge in [0.25, 0.3) is 5.91 Å². The Hall–Kier alpha value is -2.89. The van der Waals surface area contributed by atoms with Crippen LogP contribution in [0.4, 0.5) is 4.39 Å². The maximum Gasteiger partial charge on any atom is 0.261 e. The van der Waals surface area contributed by atoms with Crippen LogP contribution in [0, 0.1) is 19.7 Å². The third kappa shape index (κ3) is 6.58. The van der Waals surface area contributed by atoms with E-state index in [1.165, 1.54) is 11.0 Å². The molecule has 0 radical (unpaired) electrons. The van der Waals surface area contributed by atoms with Crippen LogP contribution in [0.15, 0.2) is 42.5 Å². The van der Waals surface area contributed by atoms with E-state index >= 15 is 0 Å². The second-order valence-electron chi connectivity index (χ2n) is 7.49. The molecule has 0 fully saturated rings. The van der Waals surface area contributed by atoms with E-state index in [9.17, 15) is 14.0 Å². The van der Waals surface area contributed by atoms with Crippen molar-refractivity contribution in [1.82, 2.24) is 10.2 Å². The molecule has 1 N–H and O–H groups in total. The Morgan fingerprint density at radius 2 is 1.90 bits per heavy atom. The number of amides is 2. The number of carbonyl (C=O) groups is 2. The molecule has 1 unspecified atom stereocenters. The molecular formula is C24H31FN2O3. The second-order valence-corrected chi connectivity index (χ2v) is 7.49. The van der Waals surface area contributed by atoms with Crippen LogP contribution in [-0.2, 0) is 16.1 Å². The Morgan fingerprint density at radius 1 is 1.17 bits per heavy atom. The van der Waals surface area contributed by atoms with E-state index in [1.54, 1.807) is 25.1 Å². The average molecular weight is 415 g/mol. The fourth-order valence-corrected chi connectivity index (χ4v) is 3.11. The number of aryl methyl sites for hydroxylation is 2. The lowest BCUT2D eigenvalue weighted by Gasteiger charge is -2.29. The number of benzene rings is 2. The van der Waals surface area contributed by atoms with Gasteiger partial charge in [0, 0.05) is 18.7 Å². The summed E-state index contributed by atoms with van der Waals surface area (Å²) in [5.74, 6) is -0.444. The maximum absolute atomic E-state index is 14.2. The van der Waals surface area contributed by atoms with Gasteiger partial charge in [-0.2, -0.15) is 0 Å². The summed E-state index contributed by atoms with van der Waals surface area (Å²) in [5.41, 5.74) is 2.38. The van der Waals surface area contributed by atoms with Crippen LogP contribution in [-0.4, -0.2) is 35.9 Å². The summed E-state index contributed by atoms with van der Waals surface area (Å²) < 4.78 is 19.9. The number of nitrogens with zero attached hydrogens (tertiary/aromatic N) is 1. The van der Waals surface area contributed by atoms with E-state index in [0.717, 1.165) is 24.0 Å². The molecule has 0 aliphatic rings. The SMILES string of the molecule is CCCCNC(=O)C(C)N(Cc1ccccc1F)C(=O)COc1ccc(C)cc1C. The van der Waals surface area contributed by atoms with Crippen molar-refractivity contribution in [3.63, 3.8) is 0 Å². The maximum atomic E-state index is 14.2. The fraction of sp³-hybridized carbons (Fsp3) is 0.417. The van der Waals surface area contributed by atoms with Gasteiger partial charge >= 0.3 is 0 Å². The van der Waals surface area contributed by atoms with E-state index in [-0.39, 0.29) is 25.0 Å². The number of halogens is 1. The van der Waals surface area contributed by atoms with Crippen molar-refractivity contribution in [2.75, 3.05) is 13.2 Å². The van der Waals surface area contributed by atoms with Gasteiger partial charge in [-0.1, -0.05) is 49.2 Å². The molecule has 162 valence electrons. The van der Waals surface area contributed by atoms with Crippen LogP contribution < -0.4 is 10.1 Å². The standard InChI is InChI=1S/C24H31FN2O3/c1-5-6-13-26-24(29)19(4)27(15-20-9-7-8-10-21(20)25)23(28)16-30-22-12-11-17(2)14-18(22)3/h7-12,14,19H,5-6,13,15-16H2,1-4H3,(H,26,29). The molecule has 0 heterocycles. The molecule has 0 bridgehead atoms. The normalized spacial score (nSPS) is 11.6. The van der Waals surface area contributed by atoms with Crippen LogP contribution in [0.1, 0.15) is 43.4 Å². The Kier molecular flexibility index (Phi) is 8.84. The van der Waals surface area contributed by atoms with Crippen molar-refractivity contribution in [3.8, 4) is 5.75 Å². The van der Waals surface area contributed by atoms with Crippen LogP contribution in [0.25, 0.3) is 0 Å². The van der Waals surface area contributed by atoms with Crippen LogP contribution in [0.2, 0.25) is 0 Å². The first kappa shape index (κ1) is 23.4. The predicted octanol–water partition coefficient (Wildman–Crippen LogP) is 4.15. The minimum atomic E-state index is -0.753. The molecule has 0 aromatic heterocycles. The molecule has 0 saturated carbocycles. The van der Waals surface area contributed by atoms with Gasteiger partial charge in [-0.15, -0.1) is 0 Å². The first-order chi connectivity index (χ1) is 14.3. The molecule has 2 rings (SSSR count). The zero-order valence-corrected chi connectivity index (χ0v) is 18.2. The molecule has 0 aliphatic carbocycles. The van der Waals surface area contributed by atoms with Crippen molar-refractivity contribution in [1.29, 1.82) is 0 Å². The van der Waals surface area contributed by atoms with Crippen LogP contribution in [0.3, 0.4) is 0 Å². The summed E-state index contributed by atoms with van der Waals surface area (Å²) in [6, 6.07) is 11.2. The summed E-state index contributed by atoms with van der Waals surface area (Å²) in [4.78, 5) is 26.9. The molecule has 0 saturated heterocycles. The number of unbranched alkanes of at least 4 members (excludes halogenated alkanes) is 1. The fourth-order valence-electron chi connectivity index (χ4n) is 3.11. The highest BCUT2D eigenvalue weighted by Crippen LogP contribution is 2.19. The zero-order chi connectivity index (χ0) is 22.1. The molecule has 6 heteroatoms. The third-order valence-corrected chi connectivity index (χ3v) is 4.98. The van der Waals surface area contributed by atoms with E-state index in [4.69, 9.17) is 4.74 Å². The van der Waals surface area contributed by atoms with Gasteiger partial charge in [-0.05, 0) is 44.9 Å². The predicted molar refractivity (Wildman–Crippen MR) is 116 cm³/mol. The molecule has 2 amide bonds. The van der Waals surface area contributed by atoms with Crippen LogP contribution in [0.5, 0.6) is 5.75 Å². The summed E-state index contributed by atoms with van der Waals surface area (Å²) >= 11 is 0. The number of ether oxygens (including phenoxy) is 1. The van der Waals surface area contributed by atoms with Gasteiger partial charge in [0.05, 0.1) is 0 Å². The summed E-state index contributed by atoms with van der Waals surface area (Å²) in [6.45, 7) is 7.88. The molecule has 2 aromatic carbocycles. The number of nitrogens with one attached hydrogen (secondary N) is 1. The second kappa shape index (κ2) is 11.3. The largest absolute Gasteiger partial charge is 0.483 e. The highest BCUT2D eigenvalue weighted by atomic mass is 19.1. The van der Waals surface area contributed by atoms with Gasteiger partial charge in [-0.3, -0.25) is 9.59 Å². The average Bonchev–Trinajstić information content (AvgIpc) is 2.72. The molecule has 1 atom stereocenters. The zero-order valence-electron chi connectivity index (χ0n) is 18.2.